The van der Waals surface area contributed by atoms with E-state index in [1.807, 2.05) is 0 Å². The summed E-state index contributed by atoms with van der Waals surface area (Å²) in [5, 5.41) is 3.35. The Labute approximate surface area is 101 Å². The van der Waals surface area contributed by atoms with E-state index in [0.29, 0.717) is 6.04 Å². The van der Waals surface area contributed by atoms with E-state index in [1.165, 1.54) is 12.1 Å². The van der Waals surface area contributed by atoms with Gasteiger partial charge in [0.05, 0.1) is 6.61 Å². The Balaban J connectivity index is 2.13. The molecule has 2 nitrogen and oxygen atoms in total. The lowest BCUT2D eigenvalue weighted by molar-refractivity contribution is 0.173. The number of nitrogens with one attached hydrogen (secondary N) is 1. The Morgan fingerprint density at radius 2 is 2.06 bits per heavy atom. The van der Waals surface area contributed by atoms with Gasteiger partial charge in [0.25, 0.3) is 0 Å². The van der Waals surface area contributed by atoms with Crippen LogP contribution in [-0.2, 0) is 4.74 Å². The van der Waals surface area contributed by atoms with Crippen LogP contribution in [0.3, 0.4) is 0 Å². The van der Waals surface area contributed by atoms with Gasteiger partial charge in [-0.15, -0.1) is 11.8 Å². The van der Waals surface area contributed by atoms with Crippen LogP contribution in [0.2, 0.25) is 0 Å². The van der Waals surface area contributed by atoms with Crippen LogP contribution in [0.15, 0.2) is 29.2 Å². The van der Waals surface area contributed by atoms with E-state index in [9.17, 15) is 4.39 Å². The molecule has 0 radical (unpaired) electrons. The molecular formula is C12H18FNOS. The zero-order chi connectivity index (χ0) is 11.8. The molecule has 1 N–H and O–H groups in total. The highest BCUT2D eigenvalue weighted by Crippen LogP contribution is 2.17. The van der Waals surface area contributed by atoms with Gasteiger partial charge in [-0.25, -0.2) is 4.39 Å². The molecule has 0 aliphatic rings. The molecular weight excluding hydrogens is 225 g/mol. The highest BCUT2D eigenvalue weighted by molar-refractivity contribution is 7.99. The standard InChI is InChI=1S/C12H18FNOS/c1-10(9-15-2)14-7-8-16-12-5-3-11(13)4-6-12/h3-6,10,14H,7-9H2,1-2H3. The van der Waals surface area contributed by atoms with Crippen LogP contribution < -0.4 is 5.32 Å². The number of halogens is 1. The quantitative estimate of drug-likeness (QED) is 0.587. The summed E-state index contributed by atoms with van der Waals surface area (Å²) >= 11 is 1.72. The molecule has 0 fully saturated rings. The minimum Gasteiger partial charge on any atom is -0.383 e. The molecule has 0 aromatic heterocycles. The molecule has 4 heteroatoms. The van der Waals surface area contributed by atoms with E-state index in [0.717, 1.165) is 23.8 Å². The van der Waals surface area contributed by atoms with Crippen LogP contribution >= 0.6 is 11.8 Å². The average Bonchev–Trinajstić information content (AvgIpc) is 2.27. The first-order chi connectivity index (χ1) is 7.72. The number of methoxy groups -OCH3 is 1. The van der Waals surface area contributed by atoms with E-state index < -0.39 is 0 Å². The lowest BCUT2D eigenvalue weighted by atomic mass is 10.3. The number of ether oxygens (including phenoxy) is 1. The van der Waals surface area contributed by atoms with Crippen molar-refractivity contribution in [3.63, 3.8) is 0 Å². The van der Waals surface area contributed by atoms with Gasteiger partial charge in [-0.1, -0.05) is 0 Å². The van der Waals surface area contributed by atoms with Gasteiger partial charge in [0.1, 0.15) is 5.82 Å². The van der Waals surface area contributed by atoms with Gasteiger partial charge >= 0.3 is 0 Å². The number of benzene rings is 1. The molecule has 90 valence electrons. The van der Waals surface area contributed by atoms with E-state index in [-0.39, 0.29) is 5.82 Å². The fourth-order valence-electron chi connectivity index (χ4n) is 1.31. The van der Waals surface area contributed by atoms with Crippen molar-refractivity contribution >= 4 is 11.8 Å². The van der Waals surface area contributed by atoms with Crippen LogP contribution in [0.25, 0.3) is 0 Å². The van der Waals surface area contributed by atoms with Crippen LogP contribution in [0, 0.1) is 5.82 Å². The molecule has 0 aliphatic carbocycles. The summed E-state index contributed by atoms with van der Waals surface area (Å²) in [4.78, 5) is 1.10. The summed E-state index contributed by atoms with van der Waals surface area (Å²) in [6, 6.07) is 6.96. The molecule has 0 bridgehead atoms. The van der Waals surface area contributed by atoms with Gasteiger partial charge in [0.2, 0.25) is 0 Å². The van der Waals surface area contributed by atoms with E-state index in [1.54, 1.807) is 31.0 Å². The van der Waals surface area contributed by atoms with Gasteiger partial charge in [0.15, 0.2) is 0 Å². The summed E-state index contributed by atoms with van der Waals surface area (Å²) < 4.78 is 17.7. The lowest BCUT2D eigenvalue weighted by Crippen LogP contribution is -2.31. The van der Waals surface area contributed by atoms with Crippen molar-refractivity contribution in [3.8, 4) is 0 Å². The molecule has 1 unspecified atom stereocenters. The first kappa shape index (κ1) is 13.5. The largest absolute Gasteiger partial charge is 0.383 e. The average molecular weight is 243 g/mol. The van der Waals surface area contributed by atoms with Crippen LogP contribution in [-0.4, -0.2) is 32.1 Å². The Bertz CT molecular complexity index is 292. The number of rotatable bonds is 7. The lowest BCUT2D eigenvalue weighted by Gasteiger charge is -2.11. The second-order valence-electron chi connectivity index (χ2n) is 3.61. The van der Waals surface area contributed by atoms with Crippen molar-refractivity contribution in [1.29, 1.82) is 0 Å². The monoisotopic (exact) mass is 243 g/mol. The van der Waals surface area contributed by atoms with E-state index >= 15 is 0 Å². The third-order valence-corrected chi connectivity index (χ3v) is 3.11. The summed E-state index contributed by atoms with van der Waals surface area (Å²) in [5.41, 5.74) is 0. The molecule has 0 aliphatic heterocycles. The van der Waals surface area contributed by atoms with Crippen molar-refractivity contribution in [3.05, 3.63) is 30.1 Å². The Kier molecular flexibility index (Phi) is 6.45. The maximum absolute atomic E-state index is 12.6. The molecule has 1 aromatic rings. The van der Waals surface area contributed by atoms with E-state index in [2.05, 4.69) is 12.2 Å². The van der Waals surface area contributed by atoms with Crippen molar-refractivity contribution < 1.29 is 9.13 Å². The SMILES string of the molecule is COCC(C)NCCSc1ccc(F)cc1. The maximum Gasteiger partial charge on any atom is 0.123 e. The van der Waals surface area contributed by atoms with Crippen molar-refractivity contribution in [2.24, 2.45) is 0 Å². The zero-order valence-corrected chi connectivity index (χ0v) is 10.5. The molecule has 0 amide bonds. The van der Waals surface area contributed by atoms with Crippen LogP contribution in [0.1, 0.15) is 6.92 Å². The molecule has 0 heterocycles. The third kappa shape index (κ3) is 5.49. The highest BCUT2D eigenvalue weighted by Gasteiger charge is 1.99. The molecule has 1 rings (SSSR count). The topological polar surface area (TPSA) is 21.3 Å². The highest BCUT2D eigenvalue weighted by atomic mass is 32.2. The van der Waals surface area contributed by atoms with Crippen LogP contribution in [0.5, 0.6) is 0 Å². The van der Waals surface area contributed by atoms with Gasteiger partial charge < -0.3 is 10.1 Å². The summed E-state index contributed by atoms with van der Waals surface area (Å²) in [5.74, 6) is 0.788. The number of hydrogen-bond donors (Lipinski definition) is 1. The summed E-state index contributed by atoms with van der Waals surface area (Å²) in [6.45, 7) is 3.74. The molecule has 0 saturated carbocycles. The van der Waals surface area contributed by atoms with Gasteiger partial charge in [-0.2, -0.15) is 0 Å². The molecule has 1 atom stereocenters. The second-order valence-corrected chi connectivity index (χ2v) is 4.78. The molecule has 0 saturated heterocycles. The molecule has 16 heavy (non-hydrogen) atoms. The van der Waals surface area contributed by atoms with Crippen LogP contribution in [0.4, 0.5) is 4.39 Å². The summed E-state index contributed by atoms with van der Waals surface area (Å²) in [7, 11) is 1.70. The fourth-order valence-corrected chi connectivity index (χ4v) is 2.10. The van der Waals surface area contributed by atoms with Crippen molar-refractivity contribution in [2.45, 2.75) is 17.9 Å². The molecule has 1 aromatic carbocycles. The smallest absolute Gasteiger partial charge is 0.123 e. The number of thioether (sulfide) groups is 1. The minimum atomic E-state index is -0.184. The Morgan fingerprint density at radius 3 is 2.69 bits per heavy atom. The first-order valence-corrected chi connectivity index (χ1v) is 6.31. The van der Waals surface area contributed by atoms with Gasteiger partial charge in [-0.3, -0.25) is 0 Å². The van der Waals surface area contributed by atoms with Crippen molar-refractivity contribution in [2.75, 3.05) is 26.0 Å². The predicted molar refractivity (Wildman–Crippen MR) is 66.5 cm³/mol. The fraction of sp³-hybridized carbons (Fsp3) is 0.500. The number of hydrogen-bond acceptors (Lipinski definition) is 3. The van der Waals surface area contributed by atoms with Gasteiger partial charge in [-0.05, 0) is 31.2 Å². The predicted octanol–water partition coefficient (Wildman–Crippen LogP) is 2.54. The Morgan fingerprint density at radius 1 is 1.38 bits per heavy atom. The normalized spacial score (nSPS) is 12.7. The second kappa shape index (κ2) is 7.65. The van der Waals surface area contributed by atoms with Crippen molar-refractivity contribution in [1.82, 2.24) is 5.32 Å². The first-order valence-electron chi connectivity index (χ1n) is 5.33. The Hall–Kier alpha value is -0.580. The zero-order valence-electron chi connectivity index (χ0n) is 9.70. The molecule has 0 spiro atoms. The summed E-state index contributed by atoms with van der Waals surface area (Å²) in [6.07, 6.45) is 0. The minimum absolute atomic E-state index is 0.184. The maximum atomic E-state index is 12.6. The van der Waals surface area contributed by atoms with E-state index in [4.69, 9.17) is 4.74 Å². The van der Waals surface area contributed by atoms with Gasteiger partial charge in [0, 0.05) is 30.3 Å². The third-order valence-electron chi connectivity index (χ3n) is 2.09.